The summed E-state index contributed by atoms with van der Waals surface area (Å²) < 4.78 is 12.2. The van der Waals surface area contributed by atoms with Crippen LogP contribution in [0.3, 0.4) is 0 Å². The van der Waals surface area contributed by atoms with Gasteiger partial charge in [-0.1, -0.05) is 0 Å². The number of nitrogens with zero attached hydrogens (tertiary/aromatic N) is 2. The Morgan fingerprint density at radius 2 is 2.22 bits per heavy atom. The third kappa shape index (κ3) is 1.92. The molecule has 0 bridgehead atoms. The average Bonchev–Trinajstić information content (AvgIpc) is 2.90. The molecule has 0 aliphatic rings. The summed E-state index contributed by atoms with van der Waals surface area (Å²) in [5, 5.41) is 4.13. The molecule has 96 valence electrons. The van der Waals surface area contributed by atoms with Crippen LogP contribution in [0.1, 0.15) is 34.5 Å². The maximum Gasteiger partial charge on any atom is 0.218 e. The summed E-state index contributed by atoms with van der Waals surface area (Å²) in [4.78, 5) is 12.5. The van der Waals surface area contributed by atoms with Crippen molar-refractivity contribution in [1.29, 1.82) is 0 Å². The Hall–Kier alpha value is -2.04. The zero-order valence-electron chi connectivity index (χ0n) is 11.0. The summed E-state index contributed by atoms with van der Waals surface area (Å²) in [6.07, 6.45) is 1.55. The maximum absolute atomic E-state index is 12.5. The van der Waals surface area contributed by atoms with Crippen LogP contribution in [0.2, 0.25) is 0 Å². The molecule has 5 heteroatoms. The molecule has 2 aromatic rings. The Morgan fingerprint density at radius 3 is 2.72 bits per heavy atom. The number of ether oxygens (including phenoxy) is 1. The zero-order valence-corrected chi connectivity index (χ0v) is 11.0. The third-order valence-electron chi connectivity index (χ3n) is 2.83. The Morgan fingerprint density at radius 1 is 1.50 bits per heavy atom. The number of aromatic nitrogens is 2. The molecule has 0 N–H and O–H groups in total. The van der Waals surface area contributed by atoms with Crippen molar-refractivity contribution >= 4 is 5.78 Å². The van der Waals surface area contributed by atoms with Gasteiger partial charge in [0.15, 0.2) is 11.4 Å². The van der Waals surface area contributed by atoms with Crippen LogP contribution in [0.4, 0.5) is 0 Å². The number of aryl methyl sites for hydroxylation is 3. The van der Waals surface area contributed by atoms with Gasteiger partial charge in [-0.2, -0.15) is 5.10 Å². The van der Waals surface area contributed by atoms with Crippen LogP contribution in [0, 0.1) is 13.8 Å². The van der Waals surface area contributed by atoms with Gasteiger partial charge >= 0.3 is 0 Å². The van der Waals surface area contributed by atoms with Gasteiger partial charge in [0.2, 0.25) is 5.78 Å². The number of furan rings is 1. The normalized spacial score (nSPS) is 10.7. The Labute approximate surface area is 105 Å². The van der Waals surface area contributed by atoms with E-state index in [9.17, 15) is 4.79 Å². The van der Waals surface area contributed by atoms with Crippen LogP contribution in [0.15, 0.2) is 16.7 Å². The fraction of sp³-hybridized carbons (Fsp3) is 0.385. The lowest BCUT2D eigenvalue weighted by atomic mass is 10.1. The fourth-order valence-electron chi connectivity index (χ4n) is 1.97. The van der Waals surface area contributed by atoms with Gasteiger partial charge in [0.1, 0.15) is 11.5 Å². The fourth-order valence-corrected chi connectivity index (χ4v) is 1.97. The van der Waals surface area contributed by atoms with Gasteiger partial charge in [-0.25, -0.2) is 0 Å². The predicted molar refractivity (Wildman–Crippen MR) is 66.1 cm³/mol. The van der Waals surface area contributed by atoms with E-state index in [-0.39, 0.29) is 5.78 Å². The van der Waals surface area contributed by atoms with Crippen LogP contribution in [0.25, 0.3) is 0 Å². The highest BCUT2D eigenvalue weighted by Crippen LogP contribution is 2.24. The number of hydrogen-bond donors (Lipinski definition) is 0. The first kappa shape index (κ1) is 12.4. The molecule has 0 radical (unpaired) electrons. The lowest BCUT2D eigenvalue weighted by Crippen LogP contribution is -2.12. The predicted octanol–water partition coefficient (Wildman–Crippen LogP) is 2.35. The third-order valence-corrected chi connectivity index (χ3v) is 2.83. The Bertz CT molecular complexity index is 560. The van der Waals surface area contributed by atoms with E-state index >= 15 is 0 Å². The van der Waals surface area contributed by atoms with E-state index in [1.807, 2.05) is 13.8 Å². The van der Waals surface area contributed by atoms with Crippen LogP contribution in [0.5, 0.6) is 5.75 Å². The maximum atomic E-state index is 12.5. The molecule has 0 unspecified atom stereocenters. The van der Waals surface area contributed by atoms with Crippen molar-refractivity contribution in [1.82, 2.24) is 9.78 Å². The van der Waals surface area contributed by atoms with Gasteiger partial charge in [0.25, 0.3) is 0 Å². The van der Waals surface area contributed by atoms with E-state index < -0.39 is 0 Å². The highest BCUT2D eigenvalue weighted by molar-refractivity contribution is 6.10. The van der Waals surface area contributed by atoms with E-state index in [4.69, 9.17) is 9.15 Å². The minimum atomic E-state index is -0.124. The first-order valence-corrected chi connectivity index (χ1v) is 5.80. The molecule has 0 saturated carbocycles. The molecule has 0 atom stereocenters. The van der Waals surface area contributed by atoms with Gasteiger partial charge in [-0.05, 0) is 26.8 Å². The van der Waals surface area contributed by atoms with E-state index in [1.165, 1.54) is 7.11 Å². The first-order valence-electron chi connectivity index (χ1n) is 5.80. The number of rotatable bonds is 4. The summed E-state index contributed by atoms with van der Waals surface area (Å²) in [5.41, 5.74) is 1.02. The monoisotopic (exact) mass is 248 g/mol. The Balaban J connectivity index is 2.51. The average molecular weight is 248 g/mol. The molecule has 18 heavy (non-hydrogen) atoms. The molecule has 5 nitrogen and oxygen atoms in total. The van der Waals surface area contributed by atoms with Gasteiger partial charge in [0, 0.05) is 6.54 Å². The van der Waals surface area contributed by atoms with Crippen molar-refractivity contribution in [3.8, 4) is 5.75 Å². The van der Waals surface area contributed by atoms with Crippen molar-refractivity contribution in [2.24, 2.45) is 0 Å². The summed E-state index contributed by atoms with van der Waals surface area (Å²) in [6.45, 7) is 6.13. The molecule has 0 fully saturated rings. The number of methoxy groups -OCH3 is 1. The number of carbonyl (C=O) groups excluding carboxylic acids is 1. The topological polar surface area (TPSA) is 57.3 Å². The van der Waals surface area contributed by atoms with E-state index in [0.29, 0.717) is 29.3 Å². The first-order chi connectivity index (χ1) is 8.58. The van der Waals surface area contributed by atoms with Crippen molar-refractivity contribution in [3.63, 3.8) is 0 Å². The number of hydrogen-bond acceptors (Lipinski definition) is 4. The van der Waals surface area contributed by atoms with Gasteiger partial charge < -0.3 is 9.15 Å². The minimum Gasteiger partial charge on any atom is -0.493 e. The SMILES string of the molecule is CCn1ncc(OC)c1C(=O)c1cc(C)oc1C. The molecule has 0 saturated heterocycles. The molecule has 0 amide bonds. The highest BCUT2D eigenvalue weighted by Gasteiger charge is 2.23. The molecule has 0 aliphatic carbocycles. The standard InChI is InChI=1S/C13H16N2O3/c1-5-15-12(11(17-4)7-14-15)13(16)10-6-8(2)18-9(10)3/h6-7H,5H2,1-4H3. The second-order valence-electron chi connectivity index (χ2n) is 4.03. The van der Waals surface area contributed by atoms with Crippen molar-refractivity contribution < 1.29 is 13.9 Å². The molecular formula is C13H16N2O3. The second kappa shape index (κ2) is 4.68. The van der Waals surface area contributed by atoms with Crippen molar-refractivity contribution in [2.75, 3.05) is 7.11 Å². The molecule has 2 aromatic heterocycles. The van der Waals surface area contributed by atoms with Gasteiger partial charge in [-0.15, -0.1) is 0 Å². The van der Waals surface area contributed by atoms with Crippen molar-refractivity contribution in [3.05, 3.63) is 35.0 Å². The minimum absolute atomic E-state index is 0.124. The molecule has 2 rings (SSSR count). The Kier molecular flexibility index (Phi) is 3.23. The molecule has 0 aliphatic heterocycles. The summed E-state index contributed by atoms with van der Waals surface area (Å²) in [6, 6.07) is 1.74. The molecule has 0 spiro atoms. The van der Waals surface area contributed by atoms with E-state index in [0.717, 1.165) is 5.76 Å². The lowest BCUT2D eigenvalue weighted by Gasteiger charge is -2.05. The zero-order chi connectivity index (χ0) is 13.3. The van der Waals surface area contributed by atoms with Gasteiger partial charge in [0.05, 0.1) is 18.9 Å². The summed E-state index contributed by atoms with van der Waals surface area (Å²) >= 11 is 0. The molecule has 2 heterocycles. The number of ketones is 1. The van der Waals surface area contributed by atoms with Crippen LogP contribution < -0.4 is 4.74 Å². The summed E-state index contributed by atoms with van der Waals surface area (Å²) in [5.74, 6) is 1.70. The van der Waals surface area contributed by atoms with Crippen molar-refractivity contribution in [2.45, 2.75) is 27.3 Å². The van der Waals surface area contributed by atoms with E-state index in [1.54, 1.807) is 23.9 Å². The largest absolute Gasteiger partial charge is 0.493 e. The molecular weight excluding hydrogens is 232 g/mol. The van der Waals surface area contributed by atoms with E-state index in [2.05, 4.69) is 5.10 Å². The lowest BCUT2D eigenvalue weighted by molar-refractivity contribution is 0.102. The smallest absolute Gasteiger partial charge is 0.218 e. The highest BCUT2D eigenvalue weighted by atomic mass is 16.5. The van der Waals surface area contributed by atoms with Crippen LogP contribution in [-0.2, 0) is 6.54 Å². The summed E-state index contributed by atoms with van der Waals surface area (Å²) in [7, 11) is 1.53. The second-order valence-corrected chi connectivity index (χ2v) is 4.03. The van der Waals surface area contributed by atoms with Crippen LogP contribution in [-0.4, -0.2) is 22.7 Å². The molecule has 0 aromatic carbocycles. The van der Waals surface area contributed by atoms with Gasteiger partial charge in [-0.3, -0.25) is 9.48 Å². The number of carbonyl (C=O) groups is 1. The quantitative estimate of drug-likeness (QED) is 0.779. The van der Waals surface area contributed by atoms with Crippen LogP contribution >= 0.6 is 0 Å².